The Morgan fingerprint density at radius 2 is 2.38 bits per heavy atom. The fraction of sp³-hybridized carbons (Fsp3) is 0.667. The monoisotopic (exact) mass is 148 g/mol. The number of aliphatic hydroxyl groups excluding tert-OH is 1. The molecular weight excluding hydrogens is 142 g/mol. The van der Waals surface area contributed by atoms with E-state index in [0.29, 0.717) is 0 Å². The molecule has 44 valence electrons. The summed E-state index contributed by atoms with van der Waals surface area (Å²) >= 11 is 4.57. The molecule has 8 heavy (non-hydrogen) atoms. The average molecular weight is 149 g/mol. The van der Waals surface area contributed by atoms with E-state index in [-0.39, 0.29) is 44.0 Å². The second-order valence-electron chi connectivity index (χ2n) is 0.923. The maximum atomic E-state index is 9.90. The van der Waals surface area contributed by atoms with Gasteiger partial charge in [-0.2, -0.15) is 0 Å². The Bertz CT molecular complexity index is 72.1. The molecule has 0 radical (unpaired) electrons. The first-order valence-electron chi connectivity index (χ1n) is 1.73. The minimum Gasteiger partial charge on any atom is -1.00 e. The fourth-order valence-electron chi connectivity index (χ4n) is 0.130. The van der Waals surface area contributed by atoms with Gasteiger partial charge in [-0.05, 0) is 0 Å². The predicted octanol–water partition coefficient (Wildman–Crippen LogP) is -2.82. The minimum atomic E-state index is -0.607. The van der Waals surface area contributed by atoms with Gasteiger partial charge >= 0.3 is 35.5 Å². The third kappa shape index (κ3) is 6.72. The second-order valence-corrected chi connectivity index (χ2v) is 1.08. The van der Waals surface area contributed by atoms with Crippen LogP contribution in [-0.2, 0) is 9.08 Å². The number of hydrogen-bond donors (Lipinski definition) is 1. The van der Waals surface area contributed by atoms with Gasteiger partial charge in [0.1, 0.15) is 11.9 Å². The Kier molecular flexibility index (Phi) is 11.1. The number of halogens is 1. The standard InChI is InChI=1S/C3H5ClO3.Na.H/c4-7-3(6)1-2-5;;/h5H,1-2H2;;/q;+1;-1. The van der Waals surface area contributed by atoms with Crippen molar-refractivity contribution in [3.05, 3.63) is 0 Å². The van der Waals surface area contributed by atoms with E-state index in [1.165, 1.54) is 0 Å². The molecule has 0 aliphatic heterocycles. The molecular formula is C3H6ClNaO3. The van der Waals surface area contributed by atoms with Crippen LogP contribution in [0, 0.1) is 0 Å². The van der Waals surface area contributed by atoms with Crippen molar-refractivity contribution in [1.29, 1.82) is 0 Å². The van der Waals surface area contributed by atoms with Crippen LogP contribution < -0.4 is 29.6 Å². The molecule has 0 spiro atoms. The summed E-state index contributed by atoms with van der Waals surface area (Å²) in [5.74, 6) is -0.607. The van der Waals surface area contributed by atoms with Crippen molar-refractivity contribution in [2.24, 2.45) is 0 Å². The Morgan fingerprint density at radius 3 is 2.50 bits per heavy atom. The molecule has 0 amide bonds. The topological polar surface area (TPSA) is 46.5 Å². The van der Waals surface area contributed by atoms with E-state index >= 15 is 0 Å². The van der Waals surface area contributed by atoms with Gasteiger partial charge < -0.3 is 10.8 Å². The molecule has 0 saturated heterocycles. The van der Waals surface area contributed by atoms with Crippen LogP contribution in [0.5, 0.6) is 0 Å². The number of carbonyl (C=O) groups excluding carboxylic acids is 1. The molecule has 3 nitrogen and oxygen atoms in total. The molecule has 0 bridgehead atoms. The number of carbonyl (C=O) groups is 1. The summed E-state index contributed by atoms with van der Waals surface area (Å²) < 4.78 is 3.66. The van der Waals surface area contributed by atoms with Gasteiger partial charge in [-0.25, -0.2) is 0 Å². The van der Waals surface area contributed by atoms with Gasteiger partial charge in [0.15, 0.2) is 0 Å². The van der Waals surface area contributed by atoms with Crippen molar-refractivity contribution in [2.75, 3.05) is 6.61 Å². The molecule has 0 aliphatic rings. The summed E-state index contributed by atoms with van der Waals surface area (Å²) in [7, 11) is 0. The normalized spacial score (nSPS) is 7.25. The van der Waals surface area contributed by atoms with Crippen molar-refractivity contribution in [1.82, 2.24) is 0 Å². The maximum Gasteiger partial charge on any atom is 1.00 e. The first kappa shape index (κ1) is 11.5. The van der Waals surface area contributed by atoms with E-state index in [2.05, 4.69) is 16.2 Å². The molecule has 0 aromatic heterocycles. The van der Waals surface area contributed by atoms with Crippen LogP contribution in [0.3, 0.4) is 0 Å². The number of hydrogen-bond acceptors (Lipinski definition) is 3. The fourth-order valence-corrected chi connectivity index (χ4v) is 0.207. The average Bonchev–Trinajstić information content (AvgIpc) is 1.68. The van der Waals surface area contributed by atoms with Crippen molar-refractivity contribution >= 4 is 17.8 Å². The quantitative estimate of drug-likeness (QED) is 0.430. The summed E-state index contributed by atoms with van der Waals surface area (Å²) in [6.07, 6.45) is -0.0382. The van der Waals surface area contributed by atoms with E-state index in [0.717, 1.165) is 0 Å². The predicted molar refractivity (Wildman–Crippen MR) is 24.8 cm³/mol. The van der Waals surface area contributed by atoms with E-state index in [9.17, 15) is 4.79 Å². The summed E-state index contributed by atoms with van der Waals surface area (Å²) in [5, 5.41) is 8.01. The van der Waals surface area contributed by atoms with Gasteiger partial charge in [-0.3, -0.25) is 4.79 Å². The van der Waals surface area contributed by atoms with Gasteiger partial charge in [0.2, 0.25) is 0 Å². The van der Waals surface area contributed by atoms with E-state index in [4.69, 9.17) is 5.11 Å². The zero-order valence-electron chi connectivity index (χ0n) is 5.56. The Balaban J connectivity index is -0.000000180. The van der Waals surface area contributed by atoms with Crippen molar-refractivity contribution in [3.63, 3.8) is 0 Å². The van der Waals surface area contributed by atoms with E-state index < -0.39 is 5.97 Å². The SMILES string of the molecule is O=C(CCO)OCl.[H-].[Na+]. The second kappa shape index (κ2) is 7.72. The molecule has 1 N–H and O–H groups in total. The van der Waals surface area contributed by atoms with E-state index in [1.807, 2.05) is 0 Å². The zero-order valence-corrected chi connectivity index (χ0v) is 7.31. The Labute approximate surface area is 75.9 Å². The van der Waals surface area contributed by atoms with Crippen molar-refractivity contribution < 1.29 is 45.2 Å². The van der Waals surface area contributed by atoms with Crippen LogP contribution in [0.4, 0.5) is 0 Å². The number of rotatable bonds is 2. The van der Waals surface area contributed by atoms with Crippen molar-refractivity contribution in [3.8, 4) is 0 Å². The summed E-state index contributed by atoms with van der Waals surface area (Å²) in [6, 6.07) is 0. The Hall–Kier alpha value is 0.720. The Morgan fingerprint density at radius 1 is 1.88 bits per heavy atom. The molecule has 0 fully saturated rings. The number of aliphatic hydroxyl groups is 1. The molecule has 5 heteroatoms. The van der Waals surface area contributed by atoms with E-state index in [1.54, 1.807) is 0 Å². The van der Waals surface area contributed by atoms with Gasteiger partial charge in [-0.1, -0.05) is 0 Å². The van der Waals surface area contributed by atoms with Crippen LogP contribution in [0.15, 0.2) is 0 Å². The molecule has 0 aliphatic carbocycles. The van der Waals surface area contributed by atoms with Gasteiger partial charge in [-0.15, -0.1) is 0 Å². The largest absolute Gasteiger partial charge is 1.00 e. The van der Waals surface area contributed by atoms with Crippen LogP contribution in [-0.4, -0.2) is 17.7 Å². The maximum absolute atomic E-state index is 9.90. The molecule has 0 heterocycles. The van der Waals surface area contributed by atoms with Gasteiger partial charge in [0.05, 0.1) is 13.0 Å². The smallest absolute Gasteiger partial charge is 1.00 e. The summed E-state index contributed by atoms with van der Waals surface area (Å²) in [4.78, 5) is 9.90. The summed E-state index contributed by atoms with van der Waals surface area (Å²) in [5.41, 5.74) is 0. The third-order valence-electron chi connectivity index (χ3n) is 0.402. The van der Waals surface area contributed by atoms with Crippen LogP contribution in [0.1, 0.15) is 7.85 Å². The van der Waals surface area contributed by atoms with Gasteiger partial charge in [0.25, 0.3) is 0 Å². The molecule has 0 aromatic rings. The molecule has 0 saturated carbocycles. The molecule has 0 atom stereocenters. The van der Waals surface area contributed by atoms with Crippen LogP contribution in [0.25, 0.3) is 0 Å². The first-order chi connectivity index (χ1) is 3.31. The third-order valence-corrected chi connectivity index (χ3v) is 0.574. The molecule has 0 aromatic carbocycles. The first-order valence-corrected chi connectivity index (χ1v) is 2.04. The van der Waals surface area contributed by atoms with Gasteiger partial charge in [0, 0.05) is 0 Å². The summed E-state index contributed by atoms with van der Waals surface area (Å²) in [6.45, 7) is -0.217. The molecule has 0 rings (SSSR count). The molecule has 0 unspecified atom stereocenters. The zero-order chi connectivity index (χ0) is 5.70. The van der Waals surface area contributed by atoms with Crippen LogP contribution >= 0.6 is 11.9 Å². The minimum absolute atomic E-state index is 0. The van der Waals surface area contributed by atoms with Crippen molar-refractivity contribution in [2.45, 2.75) is 6.42 Å². The van der Waals surface area contributed by atoms with Crippen LogP contribution in [0.2, 0.25) is 0 Å².